The Morgan fingerprint density at radius 3 is 2.47 bits per heavy atom. The van der Waals surface area contributed by atoms with Crippen molar-refractivity contribution in [2.75, 3.05) is 10.0 Å². The van der Waals surface area contributed by atoms with E-state index in [-0.39, 0.29) is 35.4 Å². The van der Waals surface area contributed by atoms with Gasteiger partial charge in [-0.15, -0.1) is 0 Å². The molecule has 9 heteroatoms. The van der Waals surface area contributed by atoms with Crippen LogP contribution in [0.2, 0.25) is 0 Å². The molecule has 1 amide bonds. The average Bonchev–Trinajstić information content (AvgIpc) is 3.01. The lowest BCUT2D eigenvalue weighted by molar-refractivity contribution is -0.116. The molecular formula is C23H24N4O4S. The molecule has 1 aliphatic heterocycles. The molecule has 8 nitrogen and oxygen atoms in total. The first-order valence-electron chi connectivity index (χ1n) is 10.3. The van der Waals surface area contributed by atoms with Crippen LogP contribution in [0.1, 0.15) is 41.4 Å². The van der Waals surface area contributed by atoms with Gasteiger partial charge in [0.2, 0.25) is 11.8 Å². The zero-order chi connectivity index (χ0) is 23.0. The summed E-state index contributed by atoms with van der Waals surface area (Å²) in [6.45, 7) is 5.47. The van der Waals surface area contributed by atoms with Crippen LogP contribution in [-0.2, 0) is 21.2 Å². The number of aromatic nitrogens is 2. The van der Waals surface area contributed by atoms with Gasteiger partial charge in [0, 0.05) is 24.1 Å². The van der Waals surface area contributed by atoms with E-state index in [1.54, 1.807) is 44.2 Å². The summed E-state index contributed by atoms with van der Waals surface area (Å²) in [4.78, 5) is 24.6. The normalized spacial score (nSPS) is 14.0. The fourth-order valence-corrected chi connectivity index (χ4v) is 5.08. The van der Waals surface area contributed by atoms with Gasteiger partial charge in [-0.05, 0) is 55.2 Å². The van der Waals surface area contributed by atoms with Crippen LogP contribution in [0.25, 0.3) is 11.1 Å². The quantitative estimate of drug-likeness (QED) is 0.610. The summed E-state index contributed by atoms with van der Waals surface area (Å²) in [6, 6.07) is 12.2. The van der Waals surface area contributed by atoms with Crippen LogP contribution in [0.5, 0.6) is 0 Å². The Hall–Kier alpha value is -3.46. The molecule has 0 aliphatic carbocycles. The molecule has 0 saturated heterocycles. The van der Waals surface area contributed by atoms with Gasteiger partial charge < -0.3 is 5.32 Å². The highest BCUT2D eigenvalue weighted by molar-refractivity contribution is 7.92. The van der Waals surface area contributed by atoms with Crippen molar-refractivity contribution in [2.45, 2.75) is 44.9 Å². The molecule has 0 radical (unpaired) electrons. The third kappa shape index (κ3) is 4.03. The smallest absolute Gasteiger partial charge is 0.262 e. The lowest BCUT2D eigenvalue weighted by Gasteiger charge is -2.13. The minimum Gasteiger partial charge on any atom is -0.310 e. The molecule has 0 atom stereocenters. The number of hydrogen-bond donors (Lipinski definition) is 2. The van der Waals surface area contributed by atoms with Crippen LogP contribution in [0.4, 0.5) is 11.5 Å². The maximum absolute atomic E-state index is 13.2. The van der Waals surface area contributed by atoms with Gasteiger partial charge in [-0.1, -0.05) is 31.2 Å². The van der Waals surface area contributed by atoms with Gasteiger partial charge >= 0.3 is 0 Å². The van der Waals surface area contributed by atoms with Crippen molar-refractivity contribution in [3.8, 4) is 11.1 Å². The first kappa shape index (κ1) is 21.8. The standard InChI is InChI=1S/C23H24N4O4S/c1-4-16-6-9-18(10-7-16)26-32(30,31)19-13-17(8-5-14(19)2)22-15(3)25-27-21(29)12-11-20(28)24-23(22)27/h5-10,13,26H,4,11-12H2,1-3H3,(H,24,28). The average molecular weight is 453 g/mol. The van der Waals surface area contributed by atoms with Gasteiger partial charge in [-0.25, -0.2) is 8.42 Å². The van der Waals surface area contributed by atoms with Crippen LogP contribution < -0.4 is 10.0 Å². The fraction of sp³-hybridized carbons (Fsp3) is 0.261. The van der Waals surface area contributed by atoms with E-state index in [1.807, 2.05) is 19.1 Å². The number of benzene rings is 2. The van der Waals surface area contributed by atoms with Gasteiger partial charge in [-0.3, -0.25) is 14.3 Å². The maximum Gasteiger partial charge on any atom is 0.262 e. The number of anilines is 2. The second-order valence-electron chi connectivity index (χ2n) is 7.80. The first-order valence-corrected chi connectivity index (χ1v) is 11.8. The summed E-state index contributed by atoms with van der Waals surface area (Å²) in [6.07, 6.45) is 1.01. The molecular weight excluding hydrogens is 428 g/mol. The Kier molecular flexibility index (Phi) is 5.60. The third-order valence-electron chi connectivity index (χ3n) is 5.50. The van der Waals surface area contributed by atoms with Crippen LogP contribution in [0, 0.1) is 13.8 Å². The SMILES string of the molecule is CCc1ccc(NS(=O)(=O)c2cc(-c3c(C)nn4c3NC(=O)CCC4=O)ccc2C)cc1. The third-order valence-corrected chi connectivity index (χ3v) is 7.02. The van der Waals surface area contributed by atoms with Crippen molar-refractivity contribution < 1.29 is 18.0 Å². The summed E-state index contributed by atoms with van der Waals surface area (Å²) in [7, 11) is -3.87. The number of carbonyl (C=O) groups is 2. The van der Waals surface area contributed by atoms with E-state index < -0.39 is 10.0 Å². The van der Waals surface area contributed by atoms with Crippen molar-refractivity contribution in [3.63, 3.8) is 0 Å². The number of fused-ring (bicyclic) bond motifs is 1. The number of rotatable bonds is 5. The second kappa shape index (κ2) is 8.23. The van der Waals surface area contributed by atoms with Crippen molar-refractivity contribution in [3.05, 3.63) is 59.3 Å². The molecule has 2 N–H and O–H groups in total. The number of hydrogen-bond acceptors (Lipinski definition) is 5. The van der Waals surface area contributed by atoms with Crippen LogP contribution in [0.15, 0.2) is 47.4 Å². The van der Waals surface area contributed by atoms with E-state index in [9.17, 15) is 18.0 Å². The van der Waals surface area contributed by atoms with E-state index >= 15 is 0 Å². The predicted molar refractivity (Wildman–Crippen MR) is 122 cm³/mol. The van der Waals surface area contributed by atoms with E-state index in [1.165, 1.54) is 4.68 Å². The zero-order valence-corrected chi connectivity index (χ0v) is 18.9. The number of nitrogens with zero attached hydrogens (tertiary/aromatic N) is 2. The molecule has 1 aliphatic rings. The molecule has 3 aromatic rings. The summed E-state index contributed by atoms with van der Waals surface area (Å²) in [5.74, 6) is -0.300. The summed E-state index contributed by atoms with van der Waals surface area (Å²) < 4.78 is 30.2. The molecule has 166 valence electrons. The lowest BCUT2D eigenvalue weighted by Crippen LogP contribution is -2.15. The largest absolute Gasteiger partial charge is 0.310 e. The molecule has 0 saturated carbocycles. The highest BCUT2D eigenvalue weighted by Crippen LogP contribution is 2.35. The van der Waals surface area contributed by atoms with Crippen molar-refractivity contribution in [1.82, 2.24) is 9.78 Å². The molecule has 0 unspecified atom stereocenters. The lowest BCUT2D eigenvalue weighted by atomic mass is 10.0. The number of nitrogens with one attached hydrogen (secondary N) is 2. The van der Waals surface area contributed by atoms with E-state index in [4.69, 9.17) is 0 Å². The zero-order valence-electron chi connectivity index (χ0n) is 18.1. The maximum atomic E-state index is 13.2. The fourth-order valence-electron chi connectivity index (χ4n) is 3.75. The van der Waals surface area contributed by atoms with Crippen molar-refractivity contribution in [1.29, 1.82) is 0 Å². The monoisotopic (exact) mass is 452 g/mol. The molecule has 1 aromatic heterocycles. The van der Waals surface area contributed by atoms with Crippen molar-refractivity contribution in [2.24, 2.45) is 0 Å². The highest BCUT2D eigenvalue weighted by Gasteiger charge is 2.27. The van der Waals surface area contributed by atoms with Gasteiger partial charge in [-0.2, -0.15) is 9.78 Å². The molecule has 0 fully saturated rings. The number of sulfonamides is 1. The Balaban J connectivity index is 1.77. The van der Waals surface area contributed by atoms with E-state index in [0.717, 1.165) is 12.0 Å². The predicted octanol–water partition coefficient (Wildman–Crippen LogP) is 3.90. The summed E-state index contributed by atoms with van der Waals surface area (Å²) in [5.41, 5.74) is 3.75. The molecule has 32 heavy (non-hydrogen) atoms. The molecule has 4 rings (SSSR count). The van der Waals surface area contributed by atoms with E-state index in [0.29, 0.717) is 28.1 Å². The Morgan fingerprint density at radius 2 is 1.78 bits per heavy atom. The van der Waals surface area contributed by atoms with Gasteiger partial charge in [0.1, 0.15) is 5.82 Å². The number of amides is 1. The Morgan fingerprint density at radius 1 is 1.06 bits per heavy atom. The summed E-state index contributed by atoms with van der Waals surface area (Å²) >= 11 is 0. The van der Waals surface area contributed by atoms with Crippen molar-refractivity contribution >= 4 is 33.3 Å². The number of aryl methyl sites for hydroxylation is 3. The van der Waals surface area contributed by atoms with Gasteiger partial charge in [0.25, 0.3) is 10.0 Å². The Bertz CT molecular complexity index is 1320. The minimum atomic E-state index is -3.87. The molecule has 0 spiro atoms. The van der Waals surface area contributed by atoms with Gasteiger partial charge in [0.15, 0.2) is 0 Å². The molecule has 0 bridgehead atoms. The second-order valence-corrected chi connectivity index (χ2v) is 9.45. The first-order chi connectivity index (χ1) is 15.2. The molecule has 2 heterocycles. The highest BCUT2D eigenvalue weighted by atomic mass is 32.2. The van der Waals surface area contributed by atoms with Gasteiger partial charge in [0.05, 0.1) is 10.6 Å². The number of carbonyl (C=O) groups excluding carboxylic acids is 2. The van der Waals surface area contributed by atoms with E-state index in [2.05, 4.69) is 15.1 Å². The van der Waals surface area contributed by atoms with Crippen LogP contribution in [-0.4, -0.2) is 30.0 Å². The molecule has 2 aromatic carbocycles. The van der Waals surface area contributed by atoms with Crippen LogP contribution >= 0.6 is 0 Å². The summed E-state index contributed by atoms with van der Waals surface area (Å²) in [5, 5.41) is 7.03. The Labute approximate surface area is 186 Å². The topological polar surface area (TPSA) is 110 Å². The minimum absolute atomic E-state index is 0.0632. The van der Waals surface area contributed by atoms with Crippen LogP contribution in [0.3, 0.4) is 0 Å².